The molecule has 7 nitrogen and oxygen atoms in total. The van der Waals surface area contributed by atoms with Crippen molar-refractivity contribution in [3.63, 3.8) is 0 Å². The second kappa shape index (κ2) is 5.16. The van der Waals surface area contributed by atoms with Gasteiger partial charge in [-0.05, 0) is 27.2 Å². The fourth-order valence-electron chi connectivity index (χ4n) is 1.95. The van der Waals surface area contributed by atoms with Crippen molar-refractivity contribution in [2.75, 3.05) is 18.0 Å². The molecule has 1 aromatic rings. The number of nitrogens with zero attached hydrogens (tertiary/aromatic N) is 3. The Labute approximate surface area is 112 Å². The Bertz CT molecular complexity index is 451. The molecule has 1 aromatic heterocycles. The van der Waals surface area contributed by atoms with Crippen molar-refractivity contribution in [1.29, 1.82) is 0 Å². The van der Waals surface area contributed by atoms with Gasteiger partial charge in [-0.3, -0.25) is 4.79 Å². The van der Waals surface area contributed by atoms with Crippen LogP contribution in [0.5, 0.6) is 0 Å². The lowest BCUT2D eigenvalue weighted by molar-refractivity contribution is -0.121. The molecule has 2 heterocycles. The number of anilines is 1. The Morgan fingerprint density at radius 1 is 1.53 bits per heavy atom. The van der Waals surface area contributed by atoms with Crippen LogP contribution in [0, 0.1) is 5.92 Å². The SMILES string of the molecule is CC(C)(C)NCc1nnc(N2CCC(C(N)=O)C2)o1. The zero-order chi connectivity index (χ0) is 14.0. The molecule has 3 N–H and O–H groups in total. The van der Waals surface area contributed by atoms with Crippen molar-refractivity contribution in [2.45, 2.75) is 39.3 Å². The highest BCUT2D eigenvalue weighted by Gasteiger charge is 2.29. The molecule has 1 amide bonds. The number of nitrogens with two attached hydrogens (primary N) is 1. The van der Waals surface area contributed by atoms with Gasteiger partial charge >= 0.3 is 6.01 Å². The molecule has 1 unspecified atom stereocenters. The van der Waals surface area contributed by atoms with Gasteiger partial charge in [-0.15, -0.1) is 5.10 Å². The lowest BCUT2D eigenvalue weighted by Gasteiger charge is -2.18. The van der Waals surface area contributed by atoms with Crippen LogP contribution < -0.4 is 16.0 Å². The van der Waals surface area contributed by atoms with Gasteiger partial charge in [-0.2, -0.15) is 0 Å². The van der Waals surface area contributed by atoms with Crippen LogP contribution in [0.15, 0.2) is 4.42 Å². The molecule has 0 bridgehead atoms. The van der Waals surface area contributed by atoms with E-state index in [1.807, 2.05) is 4.90 Å². The summed E-state index contributed by atoms with van der Waals surface area (Å²) in [6, 6.07) is 0.467. The van der Waals surface area contributed by atoms with Crippen molar-refractivity contribution in [2.24, 2.45) is 11.7 Å². The average molecular weight is 267 g/mol. The summed E-state index contributed by atoms with van der Waals surface area (Å²) < 4.78 is 5.58. The molecular formula is C12H21N5O2. The highest BCUT2D eigenvalue weighted by molar-refractivity contribution is 5.77. The lowest BCUT2D eigenvalue weighted by Crippen LogP contribution is -2.35. The van der Waals surface area contributed by atoms with Crippen LogP contribution in [-0.2, 0) is 11.3 Å². The molecule has 0 spiro atoms. The van der Waals surface area contributed by atoms with Gasteiger partial charge in [0.05, 0.1) is 12.5 Å². The minimum atomic E-state index is -0.267. The van der Waals surface area contributed by atoms with E-state index in [9.17, 15) is 4.79 Å². The van der Waals surface area contributed by atoms with Crippen LogP contribution in [0.4, 0.5) is 6.01 Å². The summed E-state index contributed by atoms with van der Waals surface area (Å²) in [5.74, 6) is 0.159. The third kappa shape index (κ3) is 3.66. The first kappa shape index (κ1) is 13.8. The monoisotopic (exact) mass is 267 g/mol. The number of hydrogen-bond acceptors (Lipinski definition) is 6. The quantitative estimate of drug-likeness (QED) is 0.812. The van der Waals surface area contributed by atoms with Gasteiger partial charge in [0.15, 0.2) is 0 Å². The van der Waals surface area contributed by atoms with Gasteiger partial charge in [0.25, 0.3) is 0 Å². The largest absolute Gasteiger partial charge is 0.407 e. The molecule has 1 aliphatic rings. The van der Waals surface area contributed by atoms with E-state index in [-0.39, 0.29) is 17.4 Å². The molecule has 0 aromatic carbocycles. The number of hydrogen-bond donors (Lipinski definition) is 2. The molecule has 2 rings (SSSR count). The van der Waals surface area contributed by atoms with Crippen LogP contribution in [0.25, 0.3) is 0 Å². The Balaban J connectivity index is 1.93. The molecular weight excluding hydrogens is 246 g/mol. The topological polar surface area (TPSA) is 97.3 Å². The summed E-state index contributed by atoms with van der Waals surface area (Å²) in [4.78, 5) is 13.0. The fourth-order valence-corrected chi connectivity index (χ4v) is 1.95. The van der Waals surface area contributed by atoms with E-state index in [4.69, 9.17) is 10.2 Å². The van der Waals surface area contributed by atoms with Crippen molar-refractivity contribution >= 4 is 11.9 Å². The van der Waals surface area contributed by atoms with E-state index >= 15 is 0 Å². The molecule has 19 heavy (non-hydrogen) atoms. The Kier molecular flexibility index (Phi) is 3.75. The predicted octanol–water partition coefficient (Wildman–Crippen LogP) is 0.269. The third-order valence-corrected chi connectivity index (χ3v) is 3.09. The van der Waals surface area contributed by atoms with E-state index in [1.165, 1.54) is 0 Å². The highest BCUT2D eigenvalue weighted by atomic mass is 16.4. The van der Waals surface area contributed by atoms with Crippen LogP contribution in [0.2, 0.25) is 0 Å². The van der Waals surface area contributed by atoms with Gasteiger partial charge in [-0.1, -0.05) is 5.10 Å². The lowest BCUT2D eigenvalue weighted by atomic mass is 10.1. The zero-order valence-corrected chi connectivity index (χ0v) is 11.6. The molecule has 7 heteroatoms. The van der Waals surface area contributed by atoms with Gasteiger partial charge in [-0.25, -0.2) is 0 Å². The number of carbonyl (C=O) groups is 1. The van der Waals surface area contributed by atoms with Gasteiger partial charge in [0, 0.05) is 18.6 Å². The molecule has 1 aliphatic heterocycles. The van der Waals surface area contributed by atoms with Crippen LogP contribution in [-0.4, -0.2) is 34.7 Å². The summed E-state index contributed by atoms with van der Waals surface area (Å²) in [5.41, 5.74) is 5.30. The van der Waals surface area contributed by atoms with Gasteiger partial charge in [0.2, 0.25) is 11.8 Å². The zero-order valence-electron chi connectivity index (χ0n) is 11.6. The van der Waals surface area contributed by atoms with Gasteiger partial charge < -0.3 is 20.4 Å². The molecule has 0 saturated carbocycles. The van der Waals surface area contributed by atoms with E-state index < -0.39 is 0 Å². The summed E-state index contributed by atoms with van der Waals surface area (Å²) in [5, 5.41) is 11.3. The first-order chi connectivity index (χ1) is 8.85. The van der Waals surface area contributed by atoms with E-state index in [1.54, 1.807) is 0 Å². The van der Waals surface area contributed by atoms with Gasteiger partial charge in [0.1, 0.15) is 0 Å². The fraction of sp³-hybridized carbons (Fsp3) is 0.750. The van der Waals surface area contributed by atoms with E-state index in [2.05, 4.69) is 36.3 Å². The molecule has 1 atom stereocenters. The molecule has 1 saturated heterocycles. The second-order valence-electron chi connectivity index (χ2n) is 5.92. The van der Waals surface area contributed by atoms with E-state index in [0.29, 0.717) is 25.0 Å². The first-order valence-corrected chi connectivity index (χ1v) is 6.47. The number of aromatic nitrogens is 2. The van der Waals surface area contributed by atoms with Crippen molar-refractivity contribution < 1.29 is 9.21 Å². The number of nitrogens with one attached hydrogen (secondary N) is 1. The summed E-state index contributed by atoms with van der Waals surface area (Å²) in [6.07, 6.45) is 0.743. The number of rotatable bonds is 4. The second-order valence-corrected chi connectivity index (χ2v) is 5.92. The molecule has 106 valence electrons. The highest BCUT2D eigenvalue weighted by Crippen LogP contribution is 2.22. The first-order valence-electron chi connectivity index (χ1n) is 6.47. The maximum atomic E-state index is 11.1. The van der Waals surface area contributed by atoms with E-state index in [0.717, 1.165) is 13.0 Å². The summed E-state index contributed by atoms with van der Waals surface area (Å²) in [7, 11) is 0. The van der Waals surface area contributed by atoms with Crippen molar-refractivity contribution in [3.05, 3.63) is 5.89 Å². The molecule has 0 aliphatic carbocycles. The van der Waals surface area contributed by atoms with Crippen LogP contribution in [0.3, 0.4) is 0 Å². The van der Waals surface area contributed by atoms with Crippen molar-refractivity contribution in [1.82, 2.24) is 15.5 Å². The smallest absolute Gasteiger partial charge is 0.318 e. The third-order valence-electron chi connectivity index (χ3n) is 3.09. The minimum absolute atomic E-state index is 0.000653. The molecule has 1 fully saturated rings. The summed E-state index contributed by atoms with van der Waals surface area (Å²) in [6.45, 7) is 8.03. The predicted molar refractivity (Wildman–Crippen MR) is 70.4 cm³/mol. The molecule has 0 radical (unpaired) electrons. The Hall–Kier alpha value is -1.63. The number of amides is 1. The van der Waals surface area contributed by atoms with Crippen LogP contribution in [0.1, 0.15) is 33.1 Å². The number of primary amides is 1. The Morgan fingerprint density at radius 2 is 2.26 bits per heavy atom. The van der Waals surface area contributed by atoms with Crippen molar-refractivity contribution in [3.8, 4) is 0 Å². The van der Waals surface area contributed by atoms with Crippen LogP contribution >= 0.6 is 0 Å². The Morgan fingerprint density at radius 3 is 2.84 bits per heavy atom. The maximum Gasteiger partial charge on any atom is 0.318 e. The normalized spacial score (nSPS) is 19.9. The number of carbonyl (C=O) groups excluding carboxylic acids is 1. The summed E-state index contributed by atoms with van der Waals surface area (Å²) >= 11 is 0. The minimum Gasteiger partial charge on any atom is -0.407 e. The average Bonchev–Trinajstić information content (AvgIpc) is 2.94. The standard InChI is InChI=1S/C12H21N5O2/c1-12(2,3)14-6-9-15-16-11(19-9)17-5-4-8(7-17)10(13)18/h8,14H,4-7H2,1-3H3,(H2,13,18). The maximum absolute atomic E-state index is 11.1.